The van der Waals surface area contributed by atoms with E-state index >= 15 is 0 Å². The number of nitrogens with zero attached hydrogens (tertiary/aromatic N) is 1. The van der Waals surface area contributed by atoms with Crippen molar-refractivity contribution < 1.29 is 14.6 Å². The molecule has 0 aliphatic carbocycles. The first-order valence-corrected chi connectivity index (χ1v) is 9.98. The molecule has 3 aromatic carbocycles. The number of benzene rings is 3. The number of fused-ring (bicyclic) bond motifs is 1. The average Bonchev–Trinajstić information content (AvgIpc) is 3.16. The standard InChI is InChI=1S/C26H25NO3/c1-17-12-21-15-27(16-22(21)13-18(17)2)23-8-6-20(7-9-23)24(28)10-4-19-5-11-25(29)26(14-19)30-3/h4-14,29H,15-16H2,1-3H3. The zero-order valence-corrected chi connectivity index (χ0v) is 17.5. The van der Waals surface area contributed by atoms with E-state index in [1.165, 1.54) is 35.4 Å². The molecule has 0 amide bonds. The molecule has 1 N–H and O–H groups in total. The molecule has 0 fully saturated rings. The van der Waals surface area contributed by atoms with Gasteiger partial charge in [0.15, 0.2) is 17.3 Å². The number of ketones is 1. The van der Waals surface area contributed by atoms with Crippen LogP contribution in [-0.2, 0) is 13.1 Å². The number of aromatic hydroxyl groups is 1. The number of rotatable bonds is 5. The van der Waals surface area contributed by atoms with Crippen molar-refractivity contribution in [2.75, 3.05) is 12.0 Å². The molecule has 0 atom stereocenters. The Bertz CT molecular complexity index is 1100. The van der Waals surface area contributed by atoms with Gasteiger partial charge in [-0.25, -0.2) is 0 Å². The molecule has 0 spiro atoms. The lowest BCUT2D eigenvalue weighted by Gasteiger charge is -2.17. The van der Waals surface area contributed by atoms with Crippen LogP contribution in [-0.4, -0.2) is 18.0 Å². The minimum absolute atomic E-state index is 0.0652. The van der Waals surface area contributed by atoms with Crippen LogP contribution < -0.4 is 9.64 Å². The number of phenolic OH excluding ortho intramolecular Hbond substituents is 1. The maximum atomic E-state index is 12.5. The predicted octanol–water partition coefficient (Wildman–Crippen LogP) is 5.43. The van der Waals surface area contributed by atoms with E-state index < -0.39 is 0 Å². The number of hydrogen-bond acceptors (Lipinski definition) is 4. The van der Waals surface area contributed by atoms with Gasteiger partial charge in [-0.3, -0.25) is 4.79 Å². The van der Waals surface area contributed by atoms with E-state index in [0.29, 0.717) is 11.3 Å². The molecule has 152 valence electrons. The van der Waals surface area contributed by atoms with Crippen molar-refractivity contribution >= 4 is 17.5 Å². The normalized spacial score (nSPS) is 13.0. The molecule has 0 aromatic heterocycles. The first kappa shape index (κ1) is 19.8. The molecule has 0 radical (unpaired) electrons. The Morgan fingerprint density at radius 2 is 1.60 bits per heavy atom. The highest BCUT2D eigenvalue weighted by molar-refractivity contribution is 6.07. The lowest BCUT2D eigenvalue weighted by molar-refractivity contribution is 0.104. The second-order valence-electron chi connectivity index (χ2n) is 7.74. The monoisotopic (exact) mass is 399 g/mol. The summed E-state index contributed by atoms with van der Waals surface area (Å²) >= 11 is 0. The lowest BCUT2D eigenvalue weighted by Crippen LogP contribution is -2.14. The van der Waals surface area contributed by atoms with Gasteiger partial charge >= 0.3 is 0 Å². The number of carbonyl (C=O) groups is 1. The summed E-state index contributed by atoms with van der Waals surface area (Å²) in [6, 6.07) is 17.3. The number of anilines is 1. The number of ether oxygens (including phenoxy) is 1. The molecule has 4 nitrogen and oxygen atoms in total. The predicted molar refractivity (Wildman–Crippen MR) is 120 cm³/mol. The van der Waals surface area contributed by atoms with Crippen molar-refractivity contribution in [3.63, 3.8) is 0 Å². The van der Waals surface area contributed by atoms with Crippen molar-refractivity contribution in [3.05, 3.63) is 94.1 Å². The second kappa shape index (κ2) is 8.07. The zero-order chi connectivity index (χ0) is 21.3. The van der Waals surface area contributed by atoms with Crippen LogP contribution in [0.5, 0.6) is 11.5 Å². The van der Waals surface area contributed by atoms with Gasteiger partial charge in [0.1, 0.15) is 0 Å². The van der Waals surface area contributed by atoms with Gasteiger partial charge in [-0.2, -0.15) is 0 Å². The summed E-state index contributed by atoms with van der Waals surface area (Å²) in [5.74, 6) is 0.390. The molecule has 1 aliphatic heterocycles. The fourth-order valence-corrected chi connectivity index (χ4v) is 3.78. The Kier molecular flexibility index (Phi) is 5.32. The molecule has 30 heavy (non-hydrogen) atoms. The number of phenols is 1. The smallest absolute Gasteiger partial charge is 0.185 e. The van der Waals surface area contributed by atoms with E-state index in [2.05, 4.69) is 30.9 Å². The third-order valence-electron chi connectivity index (χ3n) is 5.69. The van der Waals surface area contributed by atoms with Crippen LogP contribution in [0, 0.1) is 13.8 Å². The van der Waals surface area contributed by atoms with Crippen molar-refractivity contribution in [2.45, 2.75) is 26.9 Å². The summed E-state index contributed by atoms with van der Waals surface area (Å²) < 4.78 is 5.10. The molecule has 0 saturated heterocycles. The molecule has 3 aromatic rings. The molecule has 4 rings (SSSR count). The Labute approximate surface area is 177 Å². The highest BCUT2D eigenvalue weighted by Crippen LogP contribution is 2.30. The van der Waals surface area contributed by atoms with Gasteiger partial charge in [-0.05, 0) is 84.1 Å². The first-order chi connectivity index (χ1) is 14.4. The van der Waals surface area contributed by atoms with Gasteiger partial charge in [0, 0.05) is 24.3 Å². The highest BCUT2D eigenvalue weighted by atomic mass is 16.5. The van der Waals surface area contributed by atoms with Crippen molar-refractivity contribution in [1.82, 2.24) is 0 Å². The summed E-state index contributed by atoms with van der Waals surface area (Å²) in [5.41, 5.74) is 7.96. The van der Waals surface area contributed by atoms with Gasteiger partial charge in [0.25, 0.3) is 0 Å². The van der Waals surface area contributed by atoms with Gasteiger partial charge in [-0.15, -0.1) is 0 Å². The minimum Gasteiger partial charge on any atom is -0.504 e. The summed E-state index contributed by atoms with van der Waals surface area (Å²) in [6.07, 6.45) is 3.26. The third kappa shape index (κ3) is 3.94. The van der Waals surface area contributed by atoms with Crippen LogP contribution in [0.1, 0.15) is 38.2 Å². The Morgan fingerprint density at radius 3 is 2.20 bits per heavy atom. The van der Waals surface area contributed by atoms with Crippen molar-refractivity contribution in [2.24, 2.45) is 0 Å². The number of hydrogen-bond donors (Lipinski definition) is 1. The largest absolute Gasteiger partial charge is 0.504 e. The van der Waals surface area contributed by atoms with Crippen LogP contribution in [0.3, 0.4) is 0 Å². The molecular weight excluding hydrogens is 374 g/mol. The minimum atomic E-state index is -0.0652. The SMILES string of the molecule is COc1cc(C=CC(=O)c2ccc(N3Cc4cc(C)c(C)cc4C3)cc2)ccc1O. The highest BCUT2D eigenvalue weighted by Gasteiger charge is 2.20. The number of carbonyl (C=O) groups excluding carboxylic acids is 1. The van der Waals surface area contributed by atoms with Crippen LogP contribution in [0.2, 0.25) is 0 Å². The molecule has 0 bridgehead atoms. The molecule has 0 unspecified atom stereocenters. The Morgan fingerprint density at radius 1 is 0.967 bits per heavy atom. The molecule has 1 aliphatic rings. The molecular formula is C26H25NO3. The van der Waals surface area contributed by atoms with Crippen LogP contribution in [0.15, 0.2) is 60.7 Å². The van der Waals surface area contributed by atoms with Crippen LogP contribution >= 0.6 is 0 Å². The van der Waals surface area contributed by atoms with E-state index in [4.69, 9.17) is 4.74 Å². The summed E-state index contributed by atoms with van der Waals surface area (Å²) in [7, 11) is 1.50. The van der Waals surface area contributed by atoms with E-state index in [1.54, 1.807) is 24.3 Å². The summed E-state index contributed by atoms with van der Waals surface area (Å²) in [6.45, 7) is 6.10. The Hall–Kier alpha value is -3.53. The van der Waals surface area contributed by atoms with Crippen LogP contribution in [0.4, 0.5) is 5.69 Å². The van der Waals surface area contributed by atoms with Gasteiger partial charge in [0.05, 0.1) is 7.11 Å². The quantitative estimate of drug-likeness (QED) is 0.459. The van der Waals surface area contributed by atoms with E-state index in [-0.39, 0.29) is 11.5 Å². The number of allylic oxidation sites excluding steroid dienone is 1. The lowest BCUT2D eigenvalue weighted by atomic mass is 10.0. The Balaban J connectivity index is 1.45. The summed E-state index contributed by atoms with van der Waals surface area (Å²) in [5, 5.41) is 9.67. The van der Waals surface area contributed by atoms with E-state index in [9.17, 15) is 9.90 Å². The fraction of sp³-hybridized carbons (Fsp3) is 0.192. The van der Waals surface area contributed by atoms with Gasteiger partial charge in [0.2, 0.25) is 0 Å². The topological polar surface area (TPSA) is 49.8 Å². The van der Waals surface area contributed by atoms with Crippen LogP contribution in [0.25, 0.3) is 6.08 Å². The van der Waals surface area contributed by atoms with Crippen molar-refractivity contribution in [1.29, 1.82) is 0 Å². The average molecular weight is 399 g/mol. The zero-order valence-electron chi connectivity index (χ0n) is 17.5. The van der Waals surface area contributed by atoms with E-state index in [0.717, 1.165) is 24.3 Å². The van der Waals surface area contributed by atoms with Gasteiger partial charge in [-0.1, -0.05) is 24.3 Å². The molecule has 1 heterocycles. The fourth-order valence-electron chi connectivity index (χ4n) is 3.78. The third-order valence-corrected chi connectivity index (χ3v) is 5.69. The summed E-state index contributed by atoms with van der Waals surface area (Å²) in [4.78, 5) is 14.9. The maximum absolute atomic E-state index is 12.5. The second-order valence-corrected chi connectivity index (χ2v) is 7.74. The van der Waals surface area contributed by atoms with Gasteiger partial charge < -0.3 is 14.7 Å². The maximum Gasteiger partial charge on any atom is 0.185 e. The number of aryl methyl sites for hydroxylation is 2. The first-order valence-electron chi connectivity index (χ1n) is 9.98. The molecule has 0 saturated carbocycles. The van der Waals surface area contributed by atoms with E-state index in [1.807, 2.05) is 24.3 Å². The molecule has 4 heteroatoms. The van der Waals surface area contributed by atoms with Crippen molar-refractivity contribution in [3.8, 4) is 11.5 Å². The number of methoxy groups -OCH3 is 1.